The third kappa shape index (κ3) is 3.91. The van der Waals surface area contributed by atoms with Crippen molar-refractivity contribution in [3.8, 4) is 0 Å². The topological polar surface area (TPSA) is 69.6 Å². The standard InChI is InChI=1S/C12H22N2O3/c1-8-4-6-14(7-5-8)12(17)13-10(3)9(2)11(15)16/h8-10H,4-7H2,1-3H3,(H,13,17)(H,15,16). The molecule has 0 spiro atoms. The van der Waals surface area contributed by atoms with Crippen LogP contribution in [-0.4, -0.2) is 41.1 Å². The van der Waals surface area contributed by atoms with Crippen LogP contribution in [0.15, 0.2) is 0 Å². The predicted octanol–water partition coefficient (Wildman–Crippen LogP) is 1.54. The Bertz CT molecular complexity index is 285. The SMILES string of the molecule is CC1CCN(C(=O)NC(C)C(C)C(=O)O)CC1. The summed E-state index contributed by atoms with van der Waals surface area (Å²) in [6, 6.07) is -0.489. The van der Waals surface area contributed by atoms with E-state index < -0.39 is 11.9 Å². The molecule has 2 amide bonds. The van der Waals surface area contributed by atoms with Crippen LogP contribution in [0.2, 0.25) is 0 Å². The van der Waals surface area contributed by atoms with Gasteiger partial charge in [-0.05, 0) is 32.6 Å². The molecule has 1 saturated heterocycles. The van der Waals surface area contributed by atoms with E-state index in [1.54, 1.807) is 18.7 Å². The lowest BCUT2D eigenvalue weighted by Gasteiger charge is -2.31. The fourth-order valence-electron chi connectivity index (χ4n) is 1.84. The maximum Gasteiger partial charge on any atom is 0.317 e. The average molecular weight is 242 g/mol. The van der Waals surface area contributed by atoms with E-state index in [-0.39, 0.29) is 12.1 Å². The molecule has 1 aliphatic rings. The Kier molecular flexibility index (Phi) is 4.78. The maximum absolute atomic E-state index is 11.9. The number of carboxylic acid groups (broad SMARTS) is 1. The molecule has 1 rings (SSSR count). The number of aliphatic carboxylic acids is 1. The second kappa shape index (κ2) is 5.89. The summed E-state index contributed by atoms with van der Waals surface area (Å²) < 4.78 is 0. The largest absolute Gasteiger partial charge is 0.481 e. The lowest BCUT2D eigenvalue weighted by Crippen LogP contribution is -2.49. The molecule has 2 atom stereocenters. The highest BCUT2D eigenvalue weighted by molar-refractivity contribution is 5.76. The van der Waals surface area contributed by atoms with Crippen molar-refractivity contribution in [3.63, 3.8) is 0 Å². The monoisotopic (exact) mass is 242 g/mol. The minimum atomic E-state index is -0.884. The van der Waals surface area contributed by atoms with E-state index in [2.05, 4.69) is 12.2 Å². The Balaban J connectivity index is 2.41. The third-order valence-corrected chi connectivity index (χ3v) is 3.56. The first kappa shape index (κ1) is 13.8. The van der Waals surface area contributed by atoms with Gasteiger partial charge in [0.05, 0.1) is 5.92 Å². The summed E-state index contributed by atoms with van der Waals surface area (Å²) in [7, 11) is 0. The summed E-state index contributed by atoms with van der Waals surface area (Å²) >= 11 is 0. The minimum Gasteiger partial charge on any atom is -0.481 e. The zero-order chi connectivity index (χ0) is 13.0. The minimum absolute atomic E-state index is 0.141. The number of hydrogen-bond donors (Lipinski definition) is 2. The molecular formula is C12H22N2O3. The molecule has 0 aromatic heterocycles. The number of rotatable bonds is 3. The van der Waals surface area contributed by atoms with Crippen molar-refractivity contribution in [2.24, 2.45) is 11.8 Å². The fraction of sp³-hybridized carbons (Fsp3) is 0.833. The number of likely N-dealkylation sites (tertiary alicyclic amines) is 1. The van der Waals surface area contributed by atoms with Gasteiger partial charge in [-0.3, -0.25) is 4.79 Å². The van der Waals surface area contributed by atoms with Crippen LogP contribution in [-0.2, 0) is 4.79 Å². The zero-order valence-corrected chi connectivity index (χ0v) is 10.8. The molecule has 0 aliphatic carbocycles. The molecule has 1 heterocycles. The maximum atomic E-state index is 11.9. The van der Waals surface area contributed by atoms with E-state index in [0.717, 1.165) is 25.9 Å². The van der Waals surface area contributed by atoms with E-state index in [4.69, 9.17) is 5.11 Å². The van der Waals surface area contributed by atoms with E-state index in [0.29, 0.717) is 5.92 Å². The van der Waals surface area contributed by atoms with Gasteiger partial charge in [0.25, 0.3) is 0 Å². The van der Waals surface area contributed by atoms with Crippen molar-refractivity contribution in [2.45, 2.75) is 39.7 Å². The van der Waals surface area contributed by atoms with Crippen molar-refractivity contribution >= 4 is 12.0 Å². The molecule has 0 aromatic carbocycles. The van der Waals surface area contributed by atoms with Gasteiger partial charge in [-0.2, -0.15) is 0 Å². The van der Waals surface area contributed by atoms with Gasteiger partial charge < -0.3 is 15.3 Å². The molecule has 98 valence electrons. The first-order valence-electron chi connectivity index (χ1n) is 6.20. The molecule has 5 heteroatoms. The number of piperidine rings is 1. The number of hydrogen-bond acceptors (Lipinski definition) is 2. The highest BCUT2D eigenvalue weighted by Crippen LogP contribution is 2.16. The van der Waals surface area contributed by atoms with E-state index in [9.17, 15) is 9.59 Å². The van der Waals surface area contributed by atoms with E-state index in [1.807, 2.05) is 0 Å². The molecule has 0 saturated carbocycles. The summed E-state index contributed by atoms with van der Waals surface area (Å²) in [5.41, 5.74) is 0. The Hall–Kier alpha value is -1.26. The number of nitrogens with zero attached hydrogens (tertiary/aromatic N) is 1. The van der Waals surface area contributed by atoms with E-state index >= 15 is 0 Å². The van der Waals surface area contributed by atoms with Crippen molar-refractivity contribution in [1.29, 1.82) is 0 Å². The van der Waals surface area contributed by atoms with Crippen LogP contribution < -0.4 is 5.32 Å². The van der Waals surface area contributed by atoms with Crippen molar-refractivity contribution in [3.05, 3.63) is 0 Å². The number of urea groups is 1. The van der Waals surface area contributed by atoms with Crippen LogP contribution in [0.25, 0.3) is 0 Å². The van der Waals surface area contributed by atoms with Gasteiger partial charge in [-0.15, -0.1) is 0 Å². The average Bonchev–Trinajstić information content (AvgIpc) is 2.28. The van der Waals surface area contributed by atoms with Crippen molar-refractivity contribution < 1.29 is 14.7 Å². The third-order valence-electron chi connectivity index (χ3n) is 3.56. The quantitative estimate of drug-likeness (QED) is 0.788. The Morgan fingerprint density at radius 2 is 1.82 bits per heavy atom. The molecule has 1 aliphatic heterocycles. The highest BCUT2D eigenvalue weighted by Gasteiger charge is 2.25. The molecule has 17 heavy (non-hydrogen) atoms. The molecule has 2 unspecified atom stereocenters. The second-order valence-corrected chi connectivity index (χ2v) is 5.03. The summed E-state index contributed by atoms with van der Waals surface area (Å²) in [5.74, 6) is -0.776. The van der Waals surface area contributed by atoms with Crippen LogP contribution in [0.1, 0.15) is 33.6 Å². The van der Waals surface area contributed by atoms with E-state index in [1.165, 1.54) is 0 Å². The van der Waals surface area contributed by atoms with Gasteiger partial charge >= 0.3 is 12.0 Å². The van der Waals surface area contributed by atoms with Crippen molar-refractivity contribution in [2.75, 3.05) is 13.1 Å². The molecule has 1 fully saturated rings. The number of carbonyl (C=O) groups is 2. The first-order valence-corrected chi connectivity index (χ1v) is 6.20. The lowest BCUT2D eigenvalue weighted by atomic mass is 9.99. The van der Waals surface area contributed by atoms with Crippen LogP contribution in [0.3, 0.4) is 0 Å². The molecule has 5 nitrogen and oxygen atoms in total. The lowest BCUT2D eigenvalue weighted by molar-refractivity contribution is -0.141. The van der Waals surface area contributed by atoms with Crippen LogP contribution in [0, 0.1) is 11.8 Å². The Labute approximate surface area is 102 Å². The molecule has 0 aromatic rings. The van der Waals surface area contributed by atoms with Gasteiger partial charge in [0.2, 0.25) is 0 Å². The summed E-state index contributed by atoms with van der Waals surface area (Å²) in [5, 5.41) is 11.6. The van der Waals surface area contributed by atoms with Crippen LogP contribution in [0.4, 0.5) is 4.79 Å². The smallest absolute Gasteiger partial charge is 0.317 e. The number of amides is 2. The highest BCUT2D eigenvalue weighted by atomic mass is 16.4. The molecule has 0 radical (unpaired) electrons. The van der Waals surface area contributed by atoms with Crippen LogP contribution >= 0.6 is 0 Å². The number of nitrogens with one attached hydrogen (secondary N) is 1. The van der Waals surface area contributed by atoms with Gasteiger partial charge in [-0.25, -0.2) is 4.79 Å². The van der Waals surface area contributed by atoms with Gasteiger partial charge in [0, 0.05) is 19.1 Å². The Morgan fingerprint density at radius 3 is 2.29 bits per heavy atom. The predicted molar refractivity (Wildman–Crippen MR) is 64.8 cm³/mol. The number of carboxylic acids is 1. The van der Waals surface area contributed by atoms with Crippen molar-refractivity contribution in [1.82, 2.24) is 10.2 Å². The summed E-state index contributed by atoms with van der Waals surface area (Å²) in [6.07, 6.45) is 2.05. The zero-order valence-electron chi connectivity index (χ0n) is 10.8. The van der Waals surface area contributed by atoms with Gasteiger partial charge in [0.15, 0.2) is 0 Å². The summed E-state index contributed by atoms with van der Waals surface area (Å²) in [4.78, 5) is 24.4. The second-order valence-electron chi connectivity index (χ2n) is 5.03. The first-order chi connectivity index (χ1) is 7.91. The Morgan fingerprint density at radius 1 is 1.29 bits per heavy atom. The van der Waals surface area contributed by atoms with Crippen LogP contribution in [0.5, 0.6) is 0 Å². The number of carbonyl (C=O) groups excluding carboxylic acids is 1. The molecule has 0 bridgehead atoms. The molecule has 2 N–H and O–H groups in total. The van der Waals surface area contributed by atoms with Gasteiger partial charge in [0.1, 0.15) is 0 Å². The fourth-order valence-corrected chi connectivity index (χ4v) is 1.84. The van der Waals surface area contributed by atoms with Gasteiger partial charge in [-0.1, -0.05) is 6.92 Å². The molecular weight excluding hydrogens is 220 g/mol. The normalized spacial score (nSPS) is 20.8. The summed E-state index contributed by atoms with van der Waals surface area (Å²) in [6.45, 7) is 7.04.